The molecule has 110 valence electrons. The van der Waals surface area contributed by atoms with E-state index in [0.29, 0.717) is 11.2 Å². The van der Waals surface area contributed by atoms with Gasteiger partial charge in [-0.25, -0.2) is 4.98 Å². The molecule has 2 nitrogen and oxygen atoms in total. The lowest BCUT2D eigenvalue weighted by Gasteiger charge is -2.37. The van der Waals surface area contributed by atoms with Crippen molar-refractivity contribution in [3.63, 3.8) is 0 Å². The number of anilines is 1. The number of fused-ring (bicyclic) bond motifs is 1. The first kappa shape index (κ1) is 14.4. The van der Waals surface area contributed by atoms with E-state index in [1.165, 1.54) is 17.5 Å². The smallest absolute Gasteiger partial charge is 0.132 e. The Bertz CT molecular complexity index is 664. The van der Waals surface area contributed by atoms with E-state index in [1.54, 1.807) is 0 Å². The van der Waals surface area contributed by atoms with E-state index in [4.69, 9.17) is 11.6 Å². The fourth-order valence-electron chi connectivity index (χ4n) is 3.20. The van der Waals surface area contributed by atoms with Crippen LogP contribution in [-0.2, 0) is 5.41 Å². The average molecular weight is 301 g/mol. The van der Waals surface area contributed by atoms with Crippen LogP contribution in [0.3, 0.4) is 0 Å². The number of benzene rings is 1. The zero-order valence-corrected chi connectivity index (χ0v) is 13.5. The molecule has 0 saturated heterocycles. The highest BCUT2D eigenvalue weighted by atomic mass is 35.5. The standard InChI is InChI=1S/C18H21ClN2/c1-12-10-13(11-20-17(12)19)21-16-8-9-18(2,3)15-7-5-4-6-14(15)16/h4-7,10-11,16,21H,8-9H2,1-3H3. The van der Waals surface area contributed by atoms with Gasteiger partial charge in [0, 0.05) is 0 Å². The molecule has 0 aliphatic heterocycles. The van der Waals surface area contributed by atoms with Crippen LogP contribution in [0.1, 0.15) is 49.4 Å². The van der Waals surface area contributed by atoms with Gasteiger partial charge < -0.3 is 5.32 Å². The van der Waals surface area contributed by atoms with Crippen molar-refractivity contribution in [2.24, 2.45) is 0 Å². The second-order valence-electron chi connectivity index (χ2n) is 6.54. The summed E-state index contributed by atoms with van der Waals surface area (Å²) < 4.78 is 0. The van der Waals surface area contributed by atoms with Crippen LogP contribution >= 0.6 is 11.6 Å². The summed E-state index contributed by atoms with van der Waals surface area (Å²) in [5, 5.41) is 4.20. The first-order valence-electron chi connectivity index (χ1n) is 7.45. The summed E-state index contributed by atoms with van der Waals surface area (Å²) in [7, 11) is 0. The van der Waals surface area contributed by atoms with Gasteiger partial charge in [-0.05, 0) is 47.9 Å². The van der Waals surface area contributed by atoms with Crippen LogP contribution in [0, 0.1) is 6.92 Å². The molecule has 3 rings (SSSR count). The Morgan fingerprint density at radius 3 is 2.81 bits per heavy atom. The molecule has 2 aromatic rings. The SMILES string of the molecule is Cc1cc(NC2CCC(C)(C)c3ccccc32)cnc1Cl. The number of rotatable bonds is 2. The molecular weight excluding hydrogens is 280 g/mol. The monoisotopic (exact) mass is 300 g/mol. The van der Waals surface area contributed by atoms with Crippen LogP contribution in [0.25, 0.3) is 0 Å². The molecule has 1 N–H and O–H groups in total. The van der Waals surface area contributed by atoms with Gasteiger partial charge in [0.1, 0.15) is 5.15 Å². The van der Waals surface area contributed by atoms with E-state index >= 15 is 0 Å². The Kier molecular flexibility index (Phi) is 3.66. The average Bonchev–Trinajstić information content (AvgIpc) is 2.46. The number of hydrogen-bond donors (Lipinski definition) is 1. The molecule has 0 fully saturated rings. The van der Waals surface area contributed by atoms with Crippen LogP contribution in [0.2, 0.25) is 5.15 Å². The van der Waals surface area contributed by atoms with E-state index in [-0.39, 0.29) is 5.41 Å². The Hall–Kier alpha value is -1.54. The molecule has 0 saturated carbocycles. The number of hydrogen-bond acceptors (Lipinski definition) is 2. The zero-order chi connectivity index (χ0) is 15.0. The van der Waals surface area contributed by atoms with E-state index in [9.17, 15) is 0 Å². The maximum Gasteiger partial charge on any atom is 0.132 e. The minimum atomic E-state index is 0.253. The summed E-state index contributed by atoms with van der Waals surface area (Å²) in [6, 6.07) is 11.2. The molecule has 0 amide bonds. The summed E-state index contributed by atoms with van der Waals surface area (Å²) in [5.74, 6) is 0. The predicted octanol–water partition coefficient (Wildman–Crippen LogP) is 5.27. The fraction of sp³-hybridized carbons (Fsp3) is 0.389. The second-order valence-corrected chi connectivity index (χ2v) is 6.90. The molecule has 3 heteroatoms. The third-order valence-corrected chi connectivity index (χ3v) is 4.87. The van der Waals surface area contributed by atoms with Crippen molar-refractivity contribution in [2.75, 3.05) is 5.32 Å². The van der Waals surface area contributed by atoms with Crippen molar-refractivity contribution in [2.45, 2.75) is 45.1 Å². The van der Waals surface area contributed by atoms with E-state index in [0.717, 1.165) is 17.7 Å². The van der Waals surface area contributed by atoms with Crippen LogP contribution in [0.4, 0.5) is 5.69 Å². The summed E-state index contributed by atoms with van der Waals surface area (Å²) in [4.78, 5) is 4.23. The largest absolute Gasteiger partial charge is 0.377 e. The van der Waals surface area contributed by atoms with Crippen molar-refractivity contribution < 1.29 is 0 Å². The predicted molar refractivity (Wildman–Crippen MR) is 89.0 cm³/mol. The summed E-state index contributed by atoms with van der Waals surface area (Å²) in [6.45, 7) is 6.64. The van der Waals surface area contributed by atoms with Crippen LogP contribution in [0.5, 0.6) is 0 Å². The van der Waals surface area contributed by atoms with Gasteiger partial charge in [0.2, 0.25) is 0 Å². The van der Waals surface area contributed by atoms with Crippen molar-refractivity contribution in [3.8, 4) is 0 Å². The fourth-order valence-corrected chi connectivity index (χ4v) is 3.30. The van der Waals surface area contributed by atoms with Gasteiger partial charge in [-0.2, -0.15) is 0 Å². The molecule has 1 aliphatic rings. The van der Waals surface area contributed by atoms with Gasteiger partial charge in [-0.1, -0.05) is 49.7 Å². The molecule has 0 bridgehead atoms. The minimum Gasteiger partial charge on any atom is -0.377 e. The van der Waals surface area contributed by atoms with E-state index in [1.807, 2.05) is 13.1 Å². The van der Waals surface area contributed by atoms with Crippen molar-refractivity contribution in [3.05, 3.63) is 58.4 Å². The van der Waals surface area contributed by atoms with Crippen LogP contribution < -0.4 is 5.32 Å². The van der Waals surface area contributed by atoms with Crippen LogP contribution in [0.15, 0.2) is 36.5 Å². The van der Waals surface area contributed by atoms with Crippen molar-refractivity contribution in [1.82, 2.24) is 4.98 Å². The maximum atomic E-state index is 6.00. The highest BCUT2D eigenvalue weighted by Crippen LogP contribution is 2.42. The zero-order valence-electron chi connectivity index (χ0n) is 12.8. The molecule has 1 unspecified atom stereocenters. The highest BCUT2D eigenvalue weighted by Gasteiger charge is 2.32. The van der Waals surface area contributed by atoms with Gasteiger partial charge >= 0.3 is 0 Å². The molecule has 1 aromatic carbocycles. The van der Waals surface area contributed by atoms with Crippen molar-refractivity contribution in [1.29, 1.82) is 0 Å². The Morgan fingerprint density at radius 2 is 2.05 bits per heavy atom. The molecule has 1 atom stereocenters. The molecule has 0 radical (unpaired) electrons. The van der Waals surface area contributed by atoms with Gasteiger partial charge in [-0.3, -0.25) is 0 Å². The van der Waals surface area contributed by atoms with Gasteiger partial charge in [0.15, 0.2) is 0 Å². The first-order valence-corrected chi connectivity index (χ1v) is 7.83. The molecule has 1 aliphatic carbocycles. The molecular formula is C18H21ClN2. The molecule has 1 heterocycles. The third-order valence-electron chi connectivity index (χ3n) is 4.48. The Balaban J connectivity index is 1.92. The summed E-state index contributed by atoms with van der Waals surface area (Å²) >= 11 is 6.00. The Morgan fingerprint density at radius 1 is 1.29 bits per heavy atom. The van der Waals surface area contributed by atoms with Crippen molar-refractivity contribution >= 4 is 17.3 Å². The number of pyridine rings is 1. The summed E-state index contributed by atoms with van der Waals surface area (Å²) in [5.41, 5.74) is 5.15. The normalized spacial score (nSPS) is 19.9. The maximum absolute atomic E-state index is 6.00. The lowest BCUT2D eigenvalue weighted by molar-refractivity contribution is 0.406. The number of aromatic nitrogens is 1. The quantitative estimate of drug-likeness (QED) is 0.764. The number of nitrogens with one attached hydrogen (secondary N) is 1. The van der Waals surface area contributed by atoms with Crippen LogP contribution in [-0.4, -0.2) is 4.98 Å². The lowest BCUT2D eigenvalue weighted by Crippen LogP contribution is -2.29. The summed E-state index contributed by atoms with van der Waals surface area (Å²) in [6.07, 6.45) is 4.13. The molecule has 0 spiro atoms. The minimum absolute atomic E-state index is 0.253. The molecule has 1 aromatic heterocycles. The Labute approximate surface area is 131 Å². The van der Waals surface area contributed by atoms with Gasteiger partial charge in [0.05, 0.1) is 17.9 Å². The second kappa shape index (κ2) is 5.34. The highest BCUT2D eigenvalue weighted by molar-refractivity contribution is 6.30. The topological polar surface area (TPSA) is 24.9 Å². The van der Waals surface area contributed by atoms with Gasteiger partial charge in [-0.15, -0.1) is 0 Å². The lowest BCUT2D eigenvalue weighted by atomic mass is 9.71. The number of nitrogens with zero attached hydrogens (tertiary/aromatic N) is 1. The van der Waals surface area contributed by atoms with Gasteiger partial charge in [0.25, 0.3) is 0 Å². The van der Waals surface area contributed by atoms with E-state index in [2.05, 4.69) is 54.5 Å². The first-order chi connectivity index (χ1) is 9.97. The third kappa shape index (κ3) is 2.77. The number of aryl methyl sites for hydroxylation is 1. The van der Waals surface area contributed by atoms with E-state index < -0.39 is 0 Å². The molecule has 21 heavy (non-hydrogen) atoms. The number of halogens is 1.